The molecule has 1 aliphatic heterocycles. The van der Waals surface area contributed by atoms with Gasteiger partial charge in [-0.1, -0.05) is 18.2 Å². The third-order valence-corrected chi connectivity index (χ3v) is 4.93. The Balaban J connectivity index is 1.34. The number of benzene rings is 2. The zero-order valence-corrected chi connectivity index (χ0v) is 15.7. The summed E-state index contributed by atoms with van der Waals surface area (Å²) in [7, 11) is 0. The highest BCUT2D eigenvalue weighted by atomic mass is 19.1. The molecule has 0 aliphatic carbocycles. The topological polar surface area (TPSA) is 44.4 Å². The second kappa shape index (κ2) is 10.1. The van der Waals surface area contributed by atoms with E-state index in [1.54, 1.807) is 12.1 Å². The van der Waals surface area contributed by atoms with Crippen molar-refractivity contribution in [3.63, 3.8) is 0 Å². The first kappa shape index (κ1) is 19.4. The molecule has 1 aliphatic rings. The van der Waals surface area contributed by atoms with Crippen LogP contribution in [-0.4, -0.2) is 32.1 Å². The molecule has 0 saturated carbocycles. The molecule has 2 N–H and O–H groups in total. The molecule has 2 aromatic carbocycles. The van der Waals surface area contributed by atoms with E-state index < -0.39 is 0 Å². The van der Waals surface area contributed by atoms with Crippen LogP contribution < -0.4 is 15.5 Å². The Hall–Kier alpha value is -2.40. The van der Waals surface area contributed by atoms with Gasteiger partial charge in [-0.2, -0.15) is 0 Å². The van der Waals surface area contributed by atoms with Gasteiger partial charge in [0.2, 0.25) is 5.91 Å². The molecule has 1 heterocycles. The van der Waals surface area contributed by atoms with Gasteiger partial charge in [0, 0.05) is 37.4 Å². The van der Waals surface area contributed by atoms with Crippen molar-refractivity contribution in [3.05, 3.63) is 59.9 Å². The molecule has 0 bridgehead atoms. The van der Waals surface area contributed by atoms with Crippen LogP contribution in [0.4, 0.5) is 15.8 Å². The van der Waals surface area contributed by atoms with Crippen molar-refractivity contribution < 1.29 is 9.18 Å². The van der Waals surface area contributed by atoms with Crippen LogP contribution in [0.1, 0.15) is 31.2 Å². The molecule has 27 heavy (non-hydrogen) atoms. The highest BCUT2D eigenvalue weighted by Crippen LogP contribution is 2.21. The number of hydrogen-bond donors (Lipinski definition) is 2. The fourth-order valence-corrected chi connectivity index (χ4v) is 3.38. The zero-order valence-electron chi connectivity index (χ0n) is 15.7. The number of rotatable bonds is 8. The van der Waals surface area contributed by atoms with Crippen molar-refractivity contribution >= 4 is 17.3 Å². The minimum Gasteiger partial charge on any atom is -0.372 e. The lowest BCUT2D eigenvalue weighted by atomic mass is 10.1. The molecule has 144 valence electrons. The summed E-state index contributed by atoms with van der Waals surface area (Å²) in [5.41, 5.74) is 2.75. The molecule has 1 saturated heterocycles. The molecule has 4 nitrogen and oxygen atoms in total. The normalized spacial score (nSPS) is 14.2. The number of carbonyl (C=O) groups is 1. The molecule has 0 radical (unpaired) electrons. The van der Waals surface area contributed by atoms with Gasteiger partial charge in [0.1, 0.15) is 5.82 Å². The van der Waals surface area contributed by atoms with E-state index in [-0.39, 0.29) is 11.7 Å². The number of halogens is 1. The van der Waals surface area contributed by atoms with Crippen molar-refractivity contribution in [3.8, 4) is 0 Å². The fraction of sp³-hybridized carbons (Fsp3) is 0.409. The van der Waals surface area contributed by atoms with E-state index in [2.05, 4.69) is 27.7 Å². The van der Waals surface area contributed by atoms with Gasteiger partial charge in [-0.15, -0.1) is 0 Å². The lowest BCUT2D eigenvalue weighted by molar-refractivity contribution is -0.116. The molecular formula is C22H28FN3O. The lowest BCUT2D eigenvalue weighted by Crippen LogP contribution is -2.29. The van der Waals surface area contributed by atoms with Crippen molar-refractivity contribution in [2.24, 2.45) is 0 Å². The van der Waals surface area contributed by atoms with Crippen LogP contribution in [-0.2, 0) is 11.2 Å². The van der Waals surface area contributed by atoms with Crippen molar-refractivity contribution in [2.45, 2.75) is 32.1 Å². The Labute approximate surface area is 160 Å². The maximum Gasteiger partial charge on any atom is 0.225 e. The number of piperidine rings is 1. The maximum atomic E-state index is 13.5. The van der Waals surface area contributed by atoms with Crippen LogP contribution in [0.3, 0.4) is 0 Å². The number of carbonyl (C=O) groups excluding carboxylic acids is 1. The molecule has 2 aromatic rings. The van der Waals surface area contributed by atoms with Gasteiger partial charge in [-0.3, -0.25) is 4.79 Å². The standard InChI is InChI=1S/C22H28FN3O/c23-21-7-3-2-6-18(21)12-14-24-15-13-22(27)25-19-8-10-20(11-9-19)26-16-4-1-5-17-26/h2-3,6-11,24H,1,4-5,12-17H2,(H,25,27). The quantitative estimate of drug-likeness (QED) is 0.692. The van der Waals surface area contributed by atoms with Gasteiger partial charge in [0.05, 0.1) is 0 Å². The highest BCUT2D eigenvalue weighted by molar-refractivity contribution is 5.91. The summed E-state index contributed by atoms with van der Waals surface area (Å²) in [6.45, 7) is 3.46. The van der Waals surface area contributed by atoms with E-state index in [9.17, 15) is 9.18 Å². The number of nitrogens with zero attached hydrogens (tertiary/aromatic N) is 1. The smallest absolute Gasteiger partial charge is 0.225 e. The van der Waals surface area contributed by atoms with Gasteiger partial charge in [0.15, 0.2) is 0 Å². The number of anilines is 2. The van der Waals surface area contributed by atoms with Crippen LogP contribution in [0, 0.1) is 5.82 Å². The predicted octanol–water partition coefficient (Wildman–Crippen LogP) is 3.98. The average molecular weight is 369 g/mol. The number of hydrogen-bond acceptors (Lipinski definition) is 3. The van der Waals surface area contributed by atoms with Crippen LogP contribution in [0.5, 0.6) is 0 Å². The minimum absolute atomic E-state index is 0.0147. The van der Waals surface area contributed by atoms with Crippen molar-refractivity contribution in [1.29, 1.82) is 0 Å². The average Bonchev–Trinajstić information content (AvgIpc) is 2.70. The van der Waals surface area contributed by atoms with Crippen LogP contribution in [0.15, 0.2) is 48.5 Å². The highest BCUT2D eigenvalue weighted by Gasteiger charge is 2.11. The first-order valence-electron chi connectivity index (χ1n) is 9.81. The predicted molar refractivity (Wildman–Crippen MR) is 109 cm³/mol. The minimum atomic E-state index is -0.176. The Kier molecular flexibility index (Phi) is 7.22. The summed E-state index contributed by atoms with van der Waals surface area (Å²) in [5.74, 6) is -0.191. The molecule has 5 heteroatoms. The number of nitrogens with one attached hydrogen (secondary N) is 2. The molecule has 0 spiro atoms. The fourth-order valence-electron chi connectivity index (χ4n) is 3.38. The third kappa shape index (κ3) is 6.07. The van der Waals surface area contributed by atoms with Crippen LogP contribution >= 0.6 is 0 Å². The van der Waals surface area contributed by atoms with E-state index in [0.29, 0.717) is 31.5 Å². The summed E-state index contributed by atoms with van der Waals surface area (Å²) in [6, 6.07) is 14.9. The van der Waals surface area contributed by atoms with E-state index >= 15 is 0 Å². The molecule has 0 aromatic heterocycles. The van der Waals surface area contributed by atoms with E-state index in [1.165, 1.54) is 31.0 Å². The summed E-state index contributed by atoms with van der Waals surface area (Å²) in [4.78, 5) is 14.5. The molecule has 1 amide bonds. The Morgan fingerprint density at radius 2 is 1.70 bits per heavy atom. The monoisotopic (exact) mass is 369 g/mol. The van der Waals surface area contributed by atoms with Crippen molar-refractivity contribution in [1.82, 2.24) is 5.32 Å². The van der Waals surface area contributed by atoms with Gasteiger partial charge >= 0.3 is 0 Å². The van der Waals surface area contributed by atoms with Crippen molar-refractivity contribution in [2.75, 3.05) is 36.4 Å². The maximum absolute atomic E-state index is 13.5. The molecule has 0 atom stereocenters. The molecule has 1 fully saturated rings. The Morgan fingerprint density at radius 3 is 2.44 bits per heavy atom. The third-order valence-electron chi connectivity index (χ3n) is 4.93. The van der Waals surface area contributed by atoms with Crippen LogP contribution in [0.25, 0.3) is 0 Å². The van der Waals surface area contributed by atoms with E-state index in [4.69, 9.17) is 0 Å². The molecular weight excluding hydrogens is 341 g/mol. The first-order valence-corrected chi connectivity index (χ1v) is 9.81. The molecule has 0 unspecified atom stereocenters. The number of amides is 1. The van der Waals surface area contributed by atoms with Gasteiger partial charge < -0.3 is 15.5 Å². The zero-order chi connectivity index (χ0) is 18.9. The van der Waals surface area contributed by atoms with E-state index in [0.717, 1.165) is 18.8 Å². The summed E-state index contributed by atoms with van der Waals surface area (Å²) < 4.78 is 13.5. The Morgan fingerprint density at radius 1 is 0.963 bits per heavy atom. The summed E-state index contributed by atoms with van der Waals surface area (Å²) in [6.07, 6.45) is 4.83. The molecule has 3 rings (SSSR count). The summed E-state index contributed by atoms with van der Waals surface area (Å²) in [5, 5.41) is 6.13. The SMILES string of the molecule is O=C(CCNCCc1ccccc1F)Nc1ccc(N2CCCCC2)cc1. The van der Waals surface area contributed by atoms with Crippen LogP contribution in [0.2, 0.25) is 0 Å². The second-order valence-electron chi connectivity index (χ2n) is 6.98. The van der Waals surface area contributed by atoms with Gasteiger partial charge in [-0.05, 0) is 68.1 Å². The lowest BCUT2D eigenvalue weighted by Gasteiger charge is -2.28. The first-order chi connectivity index (χ1) is 13.2. The second-order valence-corrected chi connectivity index (χ2v) is 6.98. The summed E-state index contributed by atoms with van der Waals surface area (Å²) >= 11 is 0. The largest absolute Gasteiger partial charge is 0.372 e. The van der Waals surface area contributed by atoms with Gasteiger partial charge in [-0.25, -0.2) is 4.39 Å². The van der Waals surface area contributed by atoms with E-state index in [1.807, 2.05) is 18.2 Å². The van der Waals surface area contributed by atoms with Gasteiger partial charge in [0.25, 0.3) is 0 Å². The Bertz CT molecular complexity index is 727.